The molecular formula is C12H22O3. The van der Waals surface area contributed by atoms with E-state index >= 15 is 0 Å². The highest BCUT2D eigenvalue weighted by atomic mass is 16.5. The van der Waals surface area contributed by atoms with Crippen molar-refractivity contribution in [1.29, 1.82) is 0 Å². The minimum atomic E-state index is -0.298. The number of hydrogen-bond acceptors (Lipinski definition) is 3. The Morgan fingerprint density at radius 1 is 1.13 bits per heavy atom. The van der Waals surface area contributed by atoms with Crippen LogP contribution in [0.3, 0.4) is 0 Å². The standard InChI is InChI=1S/C12H22O3/c1-5-9-15-11(14)8-6-7-10(13)12(2,3)4/h5-9H2,1-4H3. The Balaban J connectivity index is 3.62. The van der Waals surface area contributed by atoms with E-state index in [0.717, 1.165) is 6.42 Å². The minimum absolute atomic E-state index is 0.196. The summed E-state index contributed by atoms with van der Waals surface area (Å²) in [6, 6.07) is 0. The number of rotatable bonds is 6. The first-order chi connectivity index (χ1) is 6.88. The highest BCUT2D eigenvalue weighted by molar-refractivity contribution is 5.84. The van der Waals surface area contributed by atoms with Gasteiger partial charge in [0.1, 0.15) is 5.78 Å². The number of ketones is 1. The lowest BCUT2D eigenvalue weighted by Gasteiger charge is -2.15. The number of carbonyl (C=O) groups is 2. The van der Waals surface area contributed by atoms with Gasteiger partial charge in [-0.15, -0.1) is 0 Å². The van der Waals surface area contributed by atoms with E-state index in [4.69, 9.17) is 4.74 Å². The maximum absolute atomic E-state index is 11.5. The van der Waals surface area contributed by atoms with Crippen molar-refractivity contribution in [2.75, 3.05) is 6.61 Å². The summed E-state index contributed by atoms with van der Waals surface area (Å²) in [7, 11) is 0. The Hall–Kier alpha value is -0.860. The molecule has 15 heavy (non-hydrogen) atoms. The maximum atomic E-state index is 11.5. The minimum Gasteiger partial charge on any atom is -0.466 e. The van der Waals surface area contributed by atoms with Crippen molar-refractivity contribution in [2.45, 2.75) is 53.4 Å². The van der Waals surface area contributed by atoms with Crippen LogP contribution in [0, 0.1) is 5.41 Å². The summed E-state index contributed by atoms with van der Waals surface area (Å²) >= 11 is 0. The fraction of sp³-hybridized carbons (Fsp3) is 0.833. The monoisotopic (exact) mass is 214 g/mol. The lowest BCUT2D eigenvalue weighted by molar-refractivity contribution is -0.143. The molecule has 0 bridgehead atoms. The number of Topliss-reactive ketones (excluding diaryl/α,β-unsaturated/α-hetero) is 1. The average Bonchev–Trinajstić information content (AvgIpc) is 2.13. The zero-order valence-corrected chi connectivity index (χ0v) is 10.3. The molecule has 88 valence electrons. The van der Waals surface area contributed by atoms with Crippen molar-refractivity contribution in [1.82, 2.24) is 0 Å². The molecule has 0 atom stereocenters. The van der Waals surface area contributed by atoms with Crippen LogP contribution >= 0.6 is 0 Å². The fourth-order valence-electron chi connectivity index (χ4n) is 1.06. The Morgan fingerprint density at radius 3 is 2.20 bits per heavy atom. The third-order valence-electron chi connectivity index (χ3n) is 2.09. The summed E-state index contributed by atoms with van der Waals surface area (Å²) in [4.78, 5) is 22.6. The third kappa shape index (κ3) is 7.11. The lowest BCUT2D eigenvalue weighted by atomic mass is 9.88. The van der Waals surface area contributed by atoms with E-state index in [2.05, 4.69) is 0 Å². The molecule has 0 saturated carbocycles. The molecule has 0 aliphatic heterocycles. The van der Waals surface area contributed by atoms with Crippen LogP contribution in [0.5, 0.6) is 0 Å². The molecule has 0 fully saturated rings. The predicted octanol–water partition coefficient (Wildman–Crippen LogP) is 2.73. The predicted molar refractivity (Wildman–Crippen MR) is 59.6 cm³/mol. The molecule has 0 heterocycles. The van der Waals surface area contributed by atoms with Crippen LogP contribution in [0.4, 0.5) is 0 Å². The highest BCUT2D eigenvalue weighted by Crippen LogP contribution is 2.18. The molecule has 0 aliphatic carbocycles. The van der Waals surface area contributed by atoms with Crippen molar-refractivity contribution in [3.8, 4) is 0 Å². The van der Waals surface area contributed by atoms with Crippen molar-refractivity contribution in [3.05, 3.63) is 0 Å². The second-order valence-corrected chi connectivity index (χ2v) is 4.75. The molecule has 3 heteroatoms. The summed E-state index contributed by atoms with van der Waals surface area (Å²) < 4.78 is 4.91. The summed E-state index contributed by atoms with van der Waals surface area (Å²) in [6.07, 6.45) is 2.25. The zero-order chi connectivity index (χ0) is 11.9. The van der Waals surface area contributed by atoms with Crippen LogP contribution in [0.15, 0.2) is 0 Å². The first-order valence-corrected chi connectivity index (χ1v) is 5.57. The largest absolute Gasteiger partial charge is 0.466 e. The quantitative estimate of drug-likeness (QED) is 0.638. The van der Waals surface area contributed by atoms with E-state index in [1.165, 1.54) is 0 Å². The van der Waals surface area contributed by atoms with Crippen molar-refractivity contribution >= 4 is 11.8 Å². The highest BCUT2D eigenvalue weighted by Gasteiger charge is 2.20. The van der Waals surface area contributed by atoms with Gasteiger partial charge in [-0.1, -0.05) is 27.7 Å². The fourth-order valence-corrected chi connectivity index (χ4v) is 1.06. The van der Waals surface area contributed by atoms with Gasteiger partial charge in [0, 0.05) is 18.3 Å². The van der Waals surface area contributed by atoms with E-state index in [-0.39, 0.29) is 17.2 Å². The van der Waals surface area contributed by atoms with Crippen molar-refractivity contribution in [2.24, 2.45) is 5.41 Å². The number of esters is 1. The molecular weight excluding hydrogens is 192 g/mol. The number of hydrogen-bond donors (Lipinski definition) is 0. The maximum Gasteiger partial charge on any atom is 0.305 e. The van der Waals surface area contributed by atoms with Crippen LogP contribution in [0.25, 0.3) is 0 Å². The molecule has 0 aromatic rings. The Kier molecular flexibility index (Phi) is 6.21. The molecule has 3 nitrogen and oxygen atoms in total. The van der Waals surface area contributed by atoms with E-state index in [9.17, 15) is 9.59 Å². The van der Waals surface area contributed by atoms with E-state index in [1.54, 1.807) is 0 Å². The van der Waals surface area contributed by atoms with Crippen LogP contribution < -0.4 is 0 Å². The summed E-state index contributed by atoms with van der Waals surface area (Å²) in [6.45, 7) is 8.11. The lowest BCUT2D eigenvalue weighted by Crippen LogP contribution is -2.20. The van der Waals surface area contributed by atoms with Gasteiger partial charge in [-0.05, 0) is 12.8 Å². The SMILES string of the molecule is CCCOC(=O)CCCC(=O)C(C)(C)C. The molecule has 0 spiro atoms. The average molecular weight is 214 g/mol. The van der Waals surface area contributed by atoms with Gasteiger partial charge in [0.25, 0.3) is 0 Å². The van der Waals surface area contributed by atoms with Gasteiger partial charge in [0.05, 0.1) is 6.61 Å². The number of carbonyl (C=O) groups excluding carboxylic acids is 2. The summed E-state index contributed by atoms with van der Waals surface area (Å²) in [5, 5.41) is 0. The molecule has 0 rings (SSSR count). The normalized spacial score (nSPS) is 11.2. The van der Waals surface area contributed by atoms with Gasteiger partial charge >= 0.3 is 5.97 Å². The second kappa shape index (κ2) is 6.59. The molecule has 0 saturated heterocycles. The summed E-state index contributed by atoms with van der Waals surface area (Å²) in [5.74, 6) is 0.00403. The number of ether oxygens (including phenoxy) is 1. The molecule has 0 N–H and O–H groups in total. The van der Waals surface area contributed by atoms with Crippen LogP contribution in [-0.2, 0) is 14.3 Å². The molecule has 0 radical (unpaired) electrons. The smallest absolute Gasteiger partial charge is 0.305 e. The Morgan fingerprint density at radius 2 is 1.73 bits per heavy atom. The summed E-state index contributed by atoms with van der Waals surface area (Å²) in [5.41, 5.74) is -0.298. The van der Waals surface area contributed by atoms with Crippen LogP contribution in [-0.4, -0.2) is 18.4 Å². The Bertz CT molecular complexity index is 213. The van der Waals surface area contributed by atoms with Crippen LogP contribution in [0.2, 0.25) is 0 Å². The van der Waals surface area contributed by atoms with Gasteiger partial charge in [-0.2, -0.15) is 0 Å². The molecule has 0 aromatic carbocycles. The molecule has 0 aliphatic rings. The first-order valence-electron chi connectivity index (χ1n) is 5.57. The zero-order valence-electron chi connectivity index (χ0n) is 10.3. The van der Waals surface area contributed by atoms with Crippen molar-refractivity contribution < 1.29 is 14.3 Å². The Labute approximate surface area is 92.2 Å². The van der Waals surface area contributed by atoms with E-state index < -0.39 is 0 Å². The van der Waals surface area contributed by atoms with E-state index in [0.29, 0.717) is 25.9 Å². The second-order valence-electron chi connectivity index (χ2n) is 4.75. The third-order valence-corrected chi connectivity index (χ3v) is 2.09. The van der Waals surface area contributed by atoms with Crippen LogP contribution in [0.1, 0.15) is 53.4 Å². The van der Waals surface area contributed by atoms with Crippen molar-refractivity contribution in [3.63, 3.8) is 0 Å². The van der Waals surface area contributed by atoms with Gasteiger partial charge in [-0.3, -0.25) is 9.59 Å². The van der Waals surface area contributed by atoms with Gasteiger partial charge < -0.3 is 4.74 Å². The van der Waals surface area contributed by atoms with Gasteiger partial charge in [0.15, 0.2) is 0 Å². The molecule has 0 amide bonds. The van der Waals surface area contributed by atoms with Gasteiger partial charge in [0.2, 0.25) is 0 Å². The molecule has 0 unspecified atom stereocenters. The van der Waals surface area contributed by atoms with E-state index in [1.807, 2.05) is 27.7 Å². The first kappa shape index (κ1) is 14.1. The van der Waals surface area contributed by atoms with Gasteiger partial charge in [-0.25, -0.2) is 0 Å². The molecule has 0 aromatic heterocycles. The topological polar surface area (TPSA) is 43.4 Å².